The molecule has 2 aromatic rings. The molecule has 1 N–H and O–H groups in total. The molecule has 1 aromatic carbocycles. The molecular weight excluding hydrogens is 194 g/mol. The molecule has 78 valence electrons. The number of benzene rings is 1. The Labute approximate surface area is 85.9 Å². The van der Waals surface area contributed by atoms with Crippen LogP contribution in [-0.2, 0) is 14.1 Å². The monoisotopic (exact) mass is 205 g/mol. The van der Waals surface area contributed by atoms with E-state index in [9.17, 15) is 4.79 Å². The highest BCUT2D eigenvalue weighted by molar-refractivity contribution is 5.87. The van der Waals surface area contributed by atoms with Crippen LogP contribution in [0.2, 0.25) is 0 Å². The second kappa shape index (κ2) is 3.27. The molecule has 5 nitrogen and oxygen atoms in total. The zero-order valence-electron chi connectivity index (χ0n) is 8.51. The molecule has 1 aromatic heterocycles. The minimum atomic E-state index is -0.0666. The second-order valence-electron chi connectivity index (χ2n) is 3.39. The first kappa shape index (κ1) is 9.51. The predicted molar refractivity (Wildman–Crippen MR) is 57.5 cm³/mol. The fraction of sp³-hybridized carbons (Fsp3) is 0.200. The van der Waals surface area contributed by atoms with E-state index in [0.29, 0.717) is 0 Å². The number of fused-ring (bicyclic) bond motifs is 1. The number of hydrogen-bond donors (Lipinski definition) is 1. The summed E-state index contributed by atoms with van der Waals surface area (Å²) in [5, 5.41) is 11.4. The summed E-state index contributed by atoms with van der Waals surface area (Å²) in [6, 6.07) is 5.42. The highest BCUT2D eigenvalue weighted by Gasteiger charge is 2.06. The van der Waals surface area contributed by atoms with Gasteiger partial charge in [-0.1, -0.05) is 11.2 Å². The van der Waals surface area contributed by atoms with Gasteiger partial charge in [0, 0.05) is 14.1 Å². The van der Waals surface area contributed by atoms with Gasteiger partial charge in [-0.05, 0) is 17.7 Å². The van der Waals surface area contributed by atoms with Gasteiger partial charge in [0.15, 0.2) is 0 Å². The summed E-state index contributed by atoms with van der Waals surface area (Å²) in [5.74, 6) is 0. The van der Waals surface area contributed by atoms with Crippen molar-refractivity contribution in [1.82, 2.24) is 9.13 Å². The van der Waals surface area contributed by atoms with Crippen LogP contribution in [0.5, 0.6) is 0 Å². The molecule has 0 fully saturated rings. The van der Waals surface area contributed by atoms with Gasteiger partial charge in [0.05, 0.1) is 17.2 Å². The summed E-state index contributed by atoms with van der Waals surface area (Å²) in [5.41, 5.74) is 2.37. The number of aromatic nitrogens is 2. The van der Waals surface area contributed by atoms with Crippen LogP contribution in [0.15, 0.2) is 28.1 Å². The SMILES string of the molecule is Cn1c(=O)n(C)c2cc(/C=N/O)ccc21. The lowest BCUT2D eigenvalue weighted by atomic mass is 10.2. The number of hydrogen-bond acceptors (Lipinski definition) is 3. The molecular formula is C10H11N3O2. The topological polar surface area (TPSA) is 59.5 Å². The molecule has 0 saturated heterocycles. The summed E-state index contributed by atoms with van der Waals surface area (Å²) in [6.45, 7) is 0. The molecule has 0 spiro atoms. The normalized spacial score (nSPS) is 11.6. The fourth-order valence-electron chi connectivity index (χ4n) is 1.67. The summed E-state index contributed by atoms with van der Waals surface area (Å²) in [7, 11) is 3.44. The molecule has 15 heavy (non-hydrogen) atoms. The average molecular weight is 205 g/mol. The molecule has 0 radical (unpaired) electrons. The van der Waals surface area contributed by atoms with E-state index in [0.717, 1.165) is 16.6 Å². The standard InChI is InChI=1S/C10H11N3O2/c1-12-8-4-3-7(6-11-15)5-9(8)13(2)10(12)14/h3-6,15H,1-2H3/b11-6+. The van der Waals surface area contributed by atoms with Gasteiger partial charge in [-0.2, -0.15) is 0 Å². The molecule has 0 bridgehead atoms. The Kier molecular flexibility index (Phi) is 2.07. The number of oxime groups is 1. The van der Waals surface area contributed by atoms with Gasteiger partial charge in [0.25, 0.3) is 0 Å². The van der Waals surface area contributed by atoms with Crippen molar-refractivity contribution in [2.24, 2.45) is 19.3 Å². The minimum absolute atomic E-state index is 0.0666. The van der Waals surface area contributed by atoms with E-state index in [4.69, 9.17) is 5.21 Å². The van der Waals surface area contributed by atoms with Crippen molar-refractivity contribution in [3.8, 4) is 0 Å². The average Bonchev–Trinajstić information content (AvgIpc) is 2.45. The number of nitrogens with zero attached hydrogens (tertiary/aromatic N) is 3. The highest BCUT2D eigenvalue weighted by atomic mass is 16.4. The van der Waals surface area contributed by atoms with Crippen LogP contribution in [0, 0.1) is 0 Å². The Hall–Kier alpha value is -2.04. The van der Waals surface area contributed by atoms with Crippen molar-refractivity contribution in [3.63, 3.8) is 0 Å². The Bertz CT molecular complexity index is 592. The first-order valence-electron chi connectivity index (χ1n) is 4.48. The van der Waals surface area contributed by atoms with Crippen molar-refractivity contribution in [3.05, 3.63) is 34.2 Å². The third kappa shape index (κ3) is 1.32. The van der Waals surface area contributed by atoms with E-state index < -0.39 is 0 Å². The second-order valence-corrected chi connectivity index (χ2v) is 3.39. The first-order valence-corrected chi connectivity index (χ1v) is 4.48. The maximum absolute atomic E-state index is 11.6. The fourth-order valence-corrected chi connectivity index (χ4v) is 1.67. The Morgan fingerprint density at radius 3 is 2.60 bits per heavy atom. The zero-order valence-corrected chi connectivity index (χ0v) is 8.51. The van der Waals surface area contributed by atoms with Crippen LogP contribution in [0.1, 0.15) is 5.56 Å². The van der Waals surface area contributed by atoms with Crippen LogP contribution in [-0.4, -0.2) is 20.6 Å². The van der Waals surface area contributed by atoms with Gasteiger partial charge < -0.3 is 5.21 Å². The molecule has 0 unspecified atom stereocenters. The zero-order chi connectivity index (χ0) is 11.0. The van der Waals surface area contributed by atoms with Crippen molar-refractivity contribution in [1.29, 1.82) is 0 Å². The lowest BCUT2D eigenvalue weighted by molar-refractivity contribution is 0.322. The Morgan fingerprint density at radius 2 is 1.93 bits per heavy atom. The van der Waals surface area contributed by atoms with Crippen LogP contribution in [0.25, 0.3) is 11.0 Å². The molecule has 0 aliphatic carbocycles. The minimum Gasteiger partial charge on any atom is -0.411 e. The van der Waals surface area contributed by atoms with Crippen LogP contribution in [0.4, 0.5) is 0 Å². The maximum atomic E-state index is 11.6. The van der Waals surface area contributed by atoms with E-state index in [1.165, 1.54) is 6.21 Å². The van der Waals surface area contributed by atoms with Gasteiger partial charge in [0.2, 0.25) is 0 Å². The summed E-state index contributed by atoms with van der Waals surface area (Å²) in [6.07, 6.45) is 1.33. The van der Waals surface area contributed by atoms with E-state index >= 15 is 0 Å². The lowest BCUT2D eigenvalue weighted by Crippen LogP contribution is -2.19. The van der Waals surface area contributed by atoms with Crippen molar-refractivity contribution < 1.29 is 5.21 Å². The van der Waals surface area contributed by atoms with E-state index in [2.05, 4.69) is 5.16 Å². The van der Waals surface area contributed by atoms with Crippen molar-refractivity contribution >= 4 is 17.2 Å². The van der Waals surface area contributed by atoms with E-state index in [1.54, 1.807) is 35.4 Å². The molecule has 2 rings (SSSR count). The summed E-state index contributed by atoms with van der Waals surface area (Å²) in [4.78, 5) is 11.6. The lowest BCUT2D eigenvalue weighted by Gasteiger charge is -1.96. The van der Waals surface area contributed by atoms with Gasteiger partial charge in [-0.3, -0.25) is 9.13 Å². The van der Waals surface area contributed by atoms with Crippen LogP contribution >= 0.6 is 0 Å². The quantitative estimate of drug-likeness (QED) is 0.423. The molecule has 5 heteroatoms. The van der Waals surface area contributed by atoms with Crippen molar-refractivity contribution in [2.75, 3.05) is 0 Å². The summed E-state index contributed by atoms with van der Waals surface area (Å²) < 4.78 is 3.14. The number of imidazole rings is 1. The molecule has 1 heterocycles. The third-order valence-electron chi connectivity index (χ3n) is 2.50. The Balaban J connectivity index is 2.82. The van der Waals surface area contributed by atoms with Gasteiger partial charge in [-0.15, -0.1) is 0 Å². The van der Waals surface area contributed by atoms with Crippen molar-refractivity contribution in [2.45, 2.75) is 0 Å². The maximum Gasteiger partial charge on any atom is 0.328 e. The largest absolute Gasteiger partial charge is 0.411 e. The van der Waals surface area contributed by atoms with Gasteiger partial charge in [0.1, 0.15) is 0 Å². The molecule has 0 saturated carbocycles. The van der Waals surface area contributed by atoms with E-state index in [-0.39, 0.29) is 5.69 Å². The molecule has 0 aliphatic rings. The highest BCUT2D eigenvalue weighted by Crippen LogP contribution is 2.12. The van der Waals surface area contributed by atoms with Gasteiger partial charge >= 0.3 is 5.69 Å². The van der Waals surface area contributed by atoms with Crippen LogP contribution < -0.4 is 5.69 Å². The molecule has 0 atom stereocenters. The smallest absolute Gasteiger partial charge is 0.328 e. The molecule has 0 amide bonds. The summed E-state index contributed by atoms with van der Waals surface area (Å²) >= 11 is 0. The Morgan fingerprint density at radius 1 is 1.27 bits per heavy atom. The third-order valence-corrected chi connectivity index (χ3v) is 2.50. The number of aryl methyl sites for hydroxylation is 2. The molecule has 0 aliphatic heterocycles. The predicted octanol–water partition coefficient (Wildman–Crippen LogP) is 0.685. The van der Waals surface area contributed by atoms with E-state index in [1.807, 2.05) is 6.07 Å². The first-order chi connectivity index (χ1) is 7.15. The van der Waals surface area contributed by atoms with Gasteiger partial charge in [-0.25, -0.2) is 4.79 Å². The van der Waals surface area contributed by atoms with Crippen LogP contribution in [0.3, 0.4) is 0 Å². The number of rotatable bonds is 1.